The van der Waals surface area contributed by atoms with Gasteiger partial charge in [0.25, 0.3) is 5.91 Å². The van der Waals surface area contributed by atoms with Crippen molar-refractivity contribution in [2.75, 3.05) is 26.7 Å². The topological polar surface area (TPSA) is 36.0 Å². The number of hydrogen-bond acceptors (Lipinski definition) is 4. The van der Waals surface area contributed by atoms with Gasteiger partial charge in [0.2, 0.25) is 0 Å². The minimum Gasteiger partial charge on any atom is -0.497 e. The Balaban J connectivity index is 1.33. The van der Waals surface area contributed by atoms with Crippen LogP contribution in [0.5, 0.6) is 5.75 Å². The lowest BCUT2D eigenvalue weighted by molar-refractivity contribution is -0.0361. The van der Waals surface area contributed by atoms with Crippen LogP contribution in [-0.2, 0) is 6.54 Å². The first-order valence-corrected chi connectivity index (χ1v) is 15.2. The van der Waals surface area contributed by atoms with Crippen LogP contribution in [-0.4, -0.2) is 65.5 Å². The average molecular weight is 538 g/mol. The molecule has 0 N–H and O–H groups in total. The van der Waals surface area contributed by atoms with Gasteiger partial charge in [-0.2, -0.15) is 0 Å². The molecule has 0 spiro atoms. The van der Waals surface area contributed by atoms with E-state index in [1.54, 1.807) is 7.11 Å². The van der Waals surface area contributed by atoms with Crippen LogP contribution in [0.4, 0.5) is 0 Å². The summed E-state index contributed by atoms with van der Waals surface area (Å²) in [6.45, 7) is 6.25. The lowest BCUT2D eigenvalue weighted by Crippen LogP contribution is -2.61. The summed E-state index contributed by atoms with van der Waals surface area (Å²) in [4.78, 5) is 20.6. The lowest BCUT2D eigenvalue weighted by Gasteiger charge is -2.54. The second-order valence-electron chi connectivity index (χ2n) is 11.9. The number of methoxy groups -OCH3 is 1. The van der Waals surface area contributed by atoms with Crippen LogP contribution >= 0.6 is 0 Å². The molecule has 3 aromatic rings. The van der Waals surface area contributed by atoms with Gasteiger partial charge in [0, 0.05) is 43.3 Å². The first kappa shape index (κ1) is 27.0. The summed E-state index contributed by atoms with van der Waals surface area (Å²) in [6.07, 6.45) is 7.07. The van der Waals surface area contributed by atoms with E-state index in [4.69, 9.17) is 4.74 Å². The van der Waals surface area contributed by atoms with E-state index >= 15 is 0 Å². The van der Waals surface area contributed by atoms with Crippen LogP contribution in [0.15, 0.2) is 78.9 Å². The Morgan fingerprint density at radius 1 is 0.825 bits per heavy atom. The Bertz CT molecular complexity index is 1270. The molecule has 5 nitrogen and oxygen atoms in total. The molecule has 3 aliphatic rings. The van der Waals surface area contributed by atoms with Gasteiger partial charge in [-0.15, -0.1) is 0 Å². The van der Waals surface area contributed by atoms with Crippen molar-refractivity contribution in [2.24, 2.45) is 0 Å². The summed E-state index contributed by atoms with van der Waals surface area (Å²) in [5.41, 5.74) is 4.70. The Kier molecular flexibility index (Phi) is 8.22. The van der Waals surface area contributed by atoms with E-state index in [-0.39, 0.29) is 11.9 Å². The molecular formula is C35H43N3O2. The van der Waals surface area contributed by atoms with E-state index in [1.807, 2.05) is 11.0 Å². The maximum Gasteiger partial charge on any atom is 0.253 e. The third kappa shape index (κ3) is 5.55. The Morgan fingerprint density at radius 3 is 2.35 bits per heavy atom. The van der Waals surface area contributed by atoms with Crippen molar-refractivity contribution >= 4 is 5.91 Å². The molecule has 0 bridgehead atoms. The molecule has 6 rings (SSSR count). The second kappa shape index (κ2) is 12.2. The first-order chi connectivity index (χ1) is 19.6. The zero-order valence-corrected chi connectivity index (χ0v) is 24.0. The maximum absolute atomic E-state index is 13.1. The standard InChI is InChI=1S/C35H43N3O2/c1-26-15-20-33-32(38(26)25-27-10-4-3-5-11-27)14-9-23-37(33)34(30-12-8-13-31(24-30)40-2)28-16-18-29(19-17-28)35(39)36-21-6-7-22-36/h3-5,8,10-13,16-19,24,26,32-34H,6-7,9,14-15,20-23,25H2,1-2H3. The number of ether oxygens (including phenoxy) is 1. The molecule has 1 amide bonds. The predicted molar refractivity (Wildman–Crippen MR) is 161 cm³/mol. The minimum atomic E-state index is 0.117. The number of carbonyl (C=O) groups excluding carboxylic acids is 1. The normalized spacial score (nSPS) is 24.4. The second-order valence-corrected chi connectivity index (χ2v) is 11.9. The molecule has 3 fully saturated rings. The van der Waals surface area contributed by atoms with Gasteiger partial charge in [0.1, 0.15) is 5.75 Å². The molecule has 0 radical (unpaired) electrons. The van der Waals surface area contributed by atoms with Gasteiger partial charge in [0.15, 0.2) is 0 Å². The highest BCUT2D eigenvalue weighted by molar-refractivity contribution is 5.94. The quantitative estimate of drug-likeness (QED) is 0.343. The fraction of sp³-hybridized carbons (Fsp3) is 0.457. The zero-order chi connectivity index (χ0) is 27.5. The average Bonchev–Trinajstić information content (AvgIpc) is 3.55. The van der Waals surface area contributed by atoms with E-state index in [0.717, 1.165) is 50.3 Å². The summed E-state index contributed by atoms with van der Waals surface area (Å²) in [7, 11) is 1.74. The zero-order valence-electron chi connectivity index (χ0n) is 24.0. The van der Waals surface area contributed by atoms with E-state index in [2.05, 4.69) is 89.5 Å². The van der Waals surface area contributed by atoms with Crippen LogP contribution in [0.1, 0.15) is 78.5 Å². The third-order valence-electron chi connectivity index (χ3n) is 9.47. The summed E-state index contributed by atoms with van der Waals surface area (Å²) in [5, 5.41) is 0. The molecule has 3 saturated heterocycles. The fourth-order valence-corrected chi connectivity index (χ4v) is 7.40. The molecule has 3 aliphatic heterocycles. The highest BCUT2D eigenvalue weighted by Crippen LogP contribution is 2.41. The SMILES string of the molecule is COc1cccc(C(c2ccc(C(=O)N3CCCC3)cc2)N2CCCC3C2CCC(C)N3Cc2ccccc2)c1. The third-order valence-corrected chi connectivity index (χ3v) is 9.47. The van der Waals surface area contributed by atoms with Crippen molar-refractivity contribution in [1.29, 1.82) is 0 Å². The van der Waals surface area contributed by atoms with Crippen molar-refractivity contribution in [3.63, 3.8) is 0 Å². The van der Waals surface area contributed by atoms with E-state index in [9.17, 15) is 4.79 Å². The number of fused-ring (bicyclic) bond motifs is 1. The van der Waals surface area contributed by atoms with Gasteiger partial charge in [-0.3, -0.25) is 14.6 Å². The Morgan fingerprint density at radius 2 is 1.60 bits per heavy atom. The number of benzene rings is 3. The molecule has 3 aromatic carbocycles. The number of likely N-dealkylation sites (tertiary alicyclic amines) is 3. The fourth-order valence-electron chi connectivity index (χ4n) is 7.40. The molecule has 4 unspecified atom stereocenters. The van der Waals surface area contributed by atoms with Gasteiger partial charge < -0.3 is 9.64 Å². The molecule has 5 heteroatoms. The molecule has 0 saturated carbocycles. The Labute approximate surface area is 239 Å². The Hall–Kier alpha value is -3.15. The highest BCUT2D eigenvalue weighted by atomic mass is 16.5. The number of carbonyl (C=O) groups is 1. The number of hydrogen-bond donors (Lipinski definition) is 0. The summed E-state index contributed by atoms with van der Waals surface area (Å²) in [6, 6.07) is 29.7. The molecular weight excluding hydrogens is 494 g/mol. The van der Waals surface area contributed by atoms with Crippen molar-refractivity contribution in [1.82, 2.24) is 14.7 Å². The van der Waals surface area contributed by atoms with Crippen LogP contribution in [0.2, 0.25) is 0 Å². The largest absolute Gasteiger partial charge is 0.497 e. The van der Waals surface area contributed by atoms with E-state index in [0.29, 0.717) is 18.1 Å². The lowest BCUT2D eigenvalue weighted by atomic mass is 9.82. The number of piperidine rings is 2. The number of nitrogens with zero attached hydrogens (tertiary/aromatic N) is 3. The smallest absolute Gasteiger partial charge is 0.253 e. The molecule has 40 heavy (non-hydrogen) atoms. The van der Waals surface area contributed by atoms with Gasteiger partial charge in [0.05, 0.1) is 13.2 Å². The van der Waals surface area contributed by atoms with Crippen LogP contribution in [0.3, 0.4) is 0 Å². The molecule has 210 valence electrons. The monoisotopic (exact) mass is 537 g/mol. The van der Waals surface area contributed by atoms with Crippen molar-refractivity contribution in [3.05, 3.63) is 101 Å². The predicted octanol–water partition coefficient (Wildman–Crippen LogP) is 6.54. The summed E-state index contributed by atoms with van der Waals surface area (Å²) >= 11 is 0. The molecule has 4 atom stereocenters. The first-order valence-electron chi connectivity index (χ1n) is 15.2. The van der Waals surface area contributed by atoms with Crippen LogP contribution in [0.25, 0.3) is 0 Å². The molecule has 0 aliphatic carbocycles. The van der Waals surface area contributed by atoms with Gasteiger partial charge >= 0.3 is 0 Å². The summed E-state index contributed by atoms with van der Waals surface area (Å²) in [5.74, 6) is 1.05. The van der Waals surface area contributed by atoms with Gasteiger partial charge in [-0.05, 0) is 92.9 Å². The number of amides is 1. The highest BCUT2D eigenvalue weighted by Gasteiger charge is 2.43. The van der Waals surface area contributed by atoms with Crippen molar-refractivity contribution in [3.8, 4) is 5.75 Å². The van der Waals surface area contributed by atoms with Gasteiger partial charge in [-0.25, -0.2) is 0 Å². The molecule has 3 heterocycles. The summed E-state index contributed by atoms with van der Waals surface area (Å²) < 4.78 is 5.66. The van der Waals surface area contributed by atoms with Crippen molar-refractivity contribution < 1.29 is 9.53 Å². The van der Waals surface area contributed by atoms with Gasteiger partial charge in [-0.1, -0.05) is 54.6 Å². The van der Waals surface area contributed by atoms with Crippen LogP contribution < -0.4 is 4.74 Å². The van der Waals surface area contributed by atoms with E-state index in [1.165, 1.54) is 42.4 Å². The maximum atomic E-state index is 13.1. The van der Waals surface area contributed by atoms with Crippen LogP contribution in [0, 0.1) is 0 Å². The minimum absolute atomic E-state index is 0.117. The molecule has 0 aromatic heterocycles. The number of rotatable bonds is 7. The van der Waals surface area contributed by atoms with Crippen molar-refractivity contribution in [2.45, 2.75) is 76.2 Å². The van der Waals surface area contributed by atoms with E-state index < -0.39 is 0 Å².